The predicted octanol–water partition coefficient (Wildman–Crippen LogP) is 1.46. The van der Waals surface area contributed by atoms with E-state index in [4.69, 9.17) is 0 Å². The van der Waals surface area contributed by atoms with Gasteiger partial charge in [-0.3, -0.25) is 52.7 Å². The number of carbonyl (C=O) groups is 11. The van der Waals surface area contributed by atoms with Crippen LogP contribution in [0.2, 0.25) is 0 Å². The van der Waals surface area contributed by atoms with Gasteiger partial charge in [-0.2, -0.15) is 12.6 Å². The highest BCUT2D eigenvalue weighted by molar-refractivity contribution is 7.80. The molecule has 0 aliphatic carbocycles. The number of nitrogens with one attached hydrogen (secondary N) is 6. The molecule has 90 heavy (non-hydrogen) atoms. The average Bonchev–Trinajstić information content (AvgIpc) is 2.05. The van der Waals surface area contributed by atoms with Crippen LogP contribution in [-0.2, 0) is 78.4 Å². The first kappa shape index (κ1) is 72.1. The van der Waals surface area contributed by atoms with E-state index in [0.717, 1.165) is 14.7 Å². The summed E-state index contributed by atoms with van der Waals surface area (Å²) >= 11 is 4.38. The van der Waals surface area contributed by atoms with Gasteiger partial charge >= 0.3 is 0 Å². The summed E-state index contributed by atoms with van der Waals surface area (Å²) in [5, 5.41) is 26.6. The third-order valence-corrected chi connectivity index (χ3v) is 16.4. The molecule has 7 N–H and O–H groups in total. The van der Waals surface area contributed by atoms with Crippen molar-refractivity contribution in [1.82, 2.24) is 56.4 Å². The fraction of sp³-hybridized carbons (Fsp3) is 0.470. The first-order chi connectivity index (χ1) is 42.8. The number of rotatable bonds is 15. The van der Waals surface area contributed by atoms with Crippen LogP contribution in [0.1, 0.15) is 75.6 Å². The molecule has 1 saturated heterocycles. The summed E-state index contributed by atoms with van der Waals surface area (Å²) in [5.74, 6) is -8.11. The van der Waals surface area contributed by atoms with Gasteiger partial charge in [0.25, 0.3) is 0 Å². The first-order valence-electron chi connectivity index (χ1n) is 30.3. The van der Waals surface area contributed by atoms with Gasteiger partial charge in [-0.1, -0.05) is 135 Å². The van der Waals surface area contributed by atoms with E-state index < -0.39 is 133 Å². The number of carbonyl (C=O) groups excluding carboxylic acids is 11. The number of nitrogens with zero attached hydrogens (tertiary/aromatic N) is 5. The van der Waals surface area contributed by atoms with Crippen molar-refractivity contribution in [3.63, 3.8) is 0 Å². The van der Waals surface area contributed by atoms with Crippen molar-refractivity contribution in [2.45, 2.75) is 133 Å². The average molecular weight is 1260 g/mol. The molecule has 4 aromatic rings. The van der Waals surface area contributed by atoms with Crippen LogP contribution >= 0.6 is 12.6 Å². The molecule has 0 bridgehead atoms. The monoisotopic (exact) mass is 1260 g/mol. The van der Waals surface area contributed by atoms with Crippen molar-refractivity contribution < 1.29 is 57.8 Å². The molecule has 0 aromatic heterocycles. The summed E-state index contributed by atoms with van der Waals surface area (Å²) in [6.07, 6.45) is 0.405. The lowest BCUT2D eigenvalue weighted by molar-refractivity contribution is -0.146. The largest absolute Gasteiger partial charge is 0.387 e. The molecule has 1 heterocycles. The molecule has 0 saturated carbocycles. The van der Waals surface area contributed by atoms with Crippen molar-refractivity contribution in [1.29, 1.82) is 0 Å². The van der Waals surface area contributed by atoms with Crippen molar-refractivity contribution in [2.75, 3.05) is 60.7 Å². The Morgan fingerprint density at radius 1 is 0.589 bits per heavy atom. The molecule has 1 aliphatic heterocycles. The Hall–Kier alpha value is -8.64. The minimum atomic E-state index is -1.34. The Morgan fingerprint density at radius 3 is 1.62 bits per heavy atom. The molecule has 11 amide bonds. The molecule has 1 aliphatic rings. The topological polar surface area (TPSA) is 296 Å². The molecule has 5 rings (SSSR count). The lowest BCUT2D eigenvalue weighted by Gasteiger charge is -2.35. The molecule has 4 aromatic carbocycles. The molecule has 486 valence electrons. The summed E-state index contributed by atoms with van der Waals surface area (Å²) < 4.78 is 0. The van der Waals surface area contributed by atoms with Gasteiger partial charge in [-0.05, 0) is 67.7 Å². The number of benzene rings is 4. The second kappa shape index (κ2) is 35.5. The predicted molar refractivity (Wildman–Crippen MR) is 343 cm³/mol. The van der Waals surface area contributed by atoms with Gasteiger partial charge in [0.05, 0.1) is 6.54 Å². The summed E-state index contributed by atoms with van der Waals surface area (Å²) in [6, 6.07) is 24.1. The zero-order valence-corrected chi connectivity index (χ0v) is 53.8. The number of likely N-dealkylation sites (N-methyl/N-ethyl adjacent to an activating group) is 5. The van der Waals surface area contributed by atoms with Gasteiger partial charge in [0.2, 0.25) is 65.0 Å². The van der Waals surface area contributed by atoms with E-state index in [1.807, 2.05) is 13.8 Å². The van der Waals surface area contributed by atoms with Crippen LogP contribution < -0.4 is 31.9 Å². The molecule has 23 nitrogen and oxygen atoms in total. The van der Waals surface area contributed by atoms with Gasteiger partial charge in [-0.15, -0.1) is 0 Å². The summed E-state index contributed by atoms with van der Waals surface area (Å²) in [4.78, 5) is 163. The van der Waals surface area contributed by atoms with Crippen molar-refractivity contribution in [2.24, 2.45) is 5.92 Å². The van der Waals surface area contributed by atoms with E-state index in [9.17, 15) is 53.1 Å². The Morgan fingerprint density at radius 2 is 1.09 bits per heavy atom. The van der Waals surface area contributed by atoms with Gasteiger partial charge in [0.15, 0.2) is 0 Å². The maximum absolute atomic E-state index is 15.1. The van der Waals surface area contributed by atoms with Crippen molar-refractivity contribution in [3.8, 4) is 0 Å². The van der Waals surface area contributed by atoms with E-state index in [2.05, 4.69) is 44.5 Å². The number of thiol groups is 1. The number of aliphatic hydroxyl groups is 1. The van der Waals surface area contributed by atoms with Crippen molar-refractivity contribution >= 4 is 77.6 Å². The zero-order chi connectivity index (χ0) is 66.2. The van der Waals surface area contributed by atoms with Crippen molar-refractivity contribution in [3.05, 3.63) is 144 Å². The van der Waals surface area contributed by atoms with E-state index in [1.165, 1.54) is 58.9 Å². The van der Waals surface area contributed by atoms with Crippen LogP contribution in [0.5, 0.6) is 0 Å². The van der Waals surface area contributed by atoms with Gasteiger partial charge in [0.1, 0.15) is 61.0 Å². The maximum atomic E-state index is 15.1. The summed E-state index contributed by atoms with van der Waals surface area (Å²) in [6.45, 7) is 5.13. The standard InChI is InChI=1S/C66H89N11O12S/c1-42(2)34-53-62(85)71-51(36-46-26-16-11-17-27-46)65(88)73(5)39-56(79)75(7)54(37-47-28-18-12-19-29-47)61(84)68-43(3)64(87)74(6)44(4)58(81)70-50(35-45-24-14-10-15-25-45)60(83)72-52(41-90)59(82)67-33-23-22-32-49(66(89)77(53)9)69-63(86)55(76(8)57(80)40-78)38-48-30-20-13-21-31-48/h10-21,24-31,42-44,49-55,78,90H,22-23,32-41H2,1-9H3,(H,67,82)(H,68,84)(H,69,86)(H,70,81)(H,71,85)(H,72,83)/t43-,44-,49-,50-,51-,52-,53-,54-,55-/m0/s1. The van der Waals surface area contributed by atoms with E-state index in [0.29, 0.717) is 22.3 Å². The minimum Gasteiger partial charge on any atom is -0.387 e. The van der Waals surface area contributed by atoms with Crippen LogP contribution in [0, 0.1) is 5.92 Å². The quantitative estimate of drug-likeness (QED) is 0.0786. The van der Waals surface area contributed by atoms with E-state index in [1.54, 1.807) is 121 Å². The van der Waals surface area contributed by atoms with E-state index >= 15 is 4.79 Å². The number of hydrogen-bond acceptors (Lipinski definition) is 13. The highest BCUT2D eigenvalue weighted by atomic mass is 32.1. The Balaban J connectivity index is 1.56. The Labute approximate surface area is 533 Å². The normalized spacial score (nSPS) is 22.7. The molecule has 0 radical (unpaired) electrons. The molecule has 24 heteroatoms. The zero-order valence-electron chi connectivity index (χ0n) is 52.9. The van der Waals surface area contributed by atoms with Gasteiger partial charge in [0, 0.05) is 73.2 Å². The fourth-order valence-corrected chi connectivity index (χ4v) is 10.7. The summed E-state index contributed by atoms with van der Waals surface area (Å²) in [7, 11) is 6.93. The molecule has 0 spiro atoms. The Bertz CT molecular complexity index is 3070. The second-order valence-corrected chi connectivity index (χ2v) is 23.7. The van der Waals surface area contributed by atoms with Crippen LogP contribution in [0.3, 0.4) is 0 Å². The minimum absolute atomic E-state index is 0.00576. The van der Waals surface area contributed by atoms with Crippen LogP contribution in [0.4, 0.5) is 0 Å². The molecular weight excluding hydrogens is 1170 g/mol. The molecular formula is C66H89N11O12S. The molecule has 9 atom stereocenters. The lowest BCUT2D eigenvalue weighted by atomic mass is 9.98. The van der Waals surface area contributed by atoms with Crippen LogP contribution in [0.25, 0.3) is 0 Å². The SMILES string of the molecule is CC(C)C[C@H]1C(=O)N[C@@H](Cc2ccccc2)C(=O)N(C)CC(=O)N(C)[C@@H](Cc2ccccc2)C(=O)N[C@@H](C)C(=O)N(C)[C@@H](C)C(=O)N[C@@H](Cc2ccccc2)C(=O)N[C@@H](CS)C(=O)NCCCC[C@H](NC(=O)[C@H](Cc2ccccc2)N(C)C(=O)CO)C(=O)N1C. The number of aliphatic hydroxyl groups excluding tert-OH is 1. The lowest BCUT2D eigenvalue weighted by Crippen LogP contribution is -2.60. The highest BCUT2D eigenvalue weighted by Gasteiger charge is 2.39. The van der Waals surface area contributed by atoms with E-state index in [-0.39, 0.29) is 69.6 Å². The fourth-order valence-electron chi connectivity index (χ4n) is 10.4. The Kier molecular flexibility index (Phi) is 28.5. The maximum Gasteiger partial charge on any atom is 0.248 e. The van der Waals surface area contributed by atoms with Gasteiger partial charge in [-0.25, -0.2) is 0 Å². The first-order valence-corrected chi connectivity index (χ1v) is 30.9. The number of amides is 11. The van der Waals surface area contributed by atoms with Gasteiger partial charge < -0.3 is 61.5 Å². The molecule has 0 unspecified atom stereocenters. The smallest absolute Gasteiger partial charge is 0.248 e. The summed E-state index contributed by atoms with van der Waals surface area (Å²) in [5.41, 5.74) is 2.67. The number of hydrogen-bond donors (Lipinski definition) is 8. The second-order valence-electron chi connectivity index (χ2n) is 23.3. The molecule has 1 fully saturated rings. The van der Waals surface area contributed by atoms with Crippen LogP contribution in [-0.4, -0.2) is 210 Å². The third kappa shape index (κ3) is 21.3. The third-order valence-electron chi connectivity index (χ3n) is 16.1. The van der Waals surface area contributed by atoms with Crippen LogP contribution in [0.15, 0.2) is 121 Å². The highest BCUT2D eigenvalue weighted by Crippen LogP contribution is 2.19.